The van der Waals surface area contributed by atoms with Gasteiger partial charge < -0.3 is 15.4 Å². The minimum absolute atomic E-state index is 0.149. The highest BCUT2D eigenvalue weighted by atomic mass is 32.1. The van der Waals surface area contributed by atoms with Crippen molar-refractivity contribution < 1.29 is 14.3 Å². The van der Waals surface area contributed by atoms with E-state index in [4.69, 9.17) is 0 Å². The first kappa shape index (κ1) is 16.4. The Kier molecular flexibility index (Phi) is 5.45. The monoisotopic (exact) mass is 340 g/mol. The van der Waals surface area contributed by atoms with Gasteiger partial charge in [0.05, 0.1) is 29.8 Å². The Bertz CT molecular complexity index is 681. The fraction of sp³-hybridized carbons (Fsp3) is 0.385. The lowest BCUT2D eigenvalue weighted by Crippen LogP contribution is -2.09. The quantitative estimate of drug-likeness (QED) is 0.785. The van der Waals surface area contributed by atoms with E-state index in [9.17, 15) is 9.59 Å². The lowest BCUT2D eigenvalue weighted by molar-refractivity contribution is -0.140. The van der Waals surface area contributed by atoms with E-state index in [1.165, 1.54) is 36.7 Å². The van der Waals surface area contributed by atoms with E-state index >= 15 is 0 Å². The van der Waals surface area contributed by atoms with Crippen LogP contribution in [0.1, 0.15) is 19.0 Å². The molecule has 0 atom stereocenters. The van der Waals surface area contributed by atoms with E-state index in [1.807, 2.05) is 12.3 Å². The Balaban J connectivity index is 2.03. The van der Waals surface area contributed by atoms with Crippen LogP contribution in [0.3, 0.4) is 0 Å². The average Bonchev–Trinajstić information content (AvgIpc) is 3.04. The van der Waals surface area contributed by atoms with Crippen molar-refractivity contribution in [2.45, 2.75) is 20.3 Å². The number of nitrogens with zero attached hydrogens (tertiary/aromatic N) is 2. The maximum Gasteiger partial charge on any atom is 0.307 e. The van der Waals surface area contributed by atoms with Crippen molar-refractivity contribution >= 4 is 44.8 Å². The summed E-state index contributed by atoms with van der Waals surface area (Å²) < 4.78 is 4.58. The first-order valence-electron chi connectivity index (χ1n) is 6.51. The molecule has 0 bridgehead atoms. The predicted molar refractivity (Wildman–Crippen MR) is 87.4 cm³/mol. The zero-order valence-electron chi connectivity index (χ0n) is 12.4. The molecule has 9 heteroatoms. The van der Waals surface area contributed by atoms with Crippen molar-refractivity contribution in [3.05, 3.63) is 11.1 Å². The van der Waals surface area contributed by atoms with Crippen molar-refractivity contribution in [2.75, 3.05) is 24.3 Å². The van der Waals surface area contributed by atoms with Crippen molar-refractivity contribution in [2.24, 2.45) is 0 Å². The predicted octanol–water partition coefficient (Wildman–Crippen LogP) is 2.51. The van der Waals surface area contributed by atoms with Gasteiger partial charge in [-0.2, -0.15) is 0 Å². The van der Waals surface area contributed by atoms with Crippen LogP contribution in [-0.4, -0.2) is 35.5 Å². The second kappa shape index (κ2) is 7.32. The summed E-state index contributed by atoms with van der Waals surface area (Å²) in [5, 5.41) is 8.96. The normalized spacial score (nSPS) is 10.3. The number of hydrogen-bond donors (Lipinski definition) is 2. The van der Waals surface area contributed by atoms with E-state index in [0.29, 0.717) is 11.7 Å². The molecule has 1 amide bonds. The number of aromatic nitrogens is 2. The lowest BCUT2D eigenvalue weighted by Gasteiger charge is -2.00. The van der Waals surface area contributed by atoms with Crippen LogP contribution in [0, 0.1) is 6.92 Å². The molecule has 2 aromatic heterocycles. The highest BCUT2D eigenvalue weighted by molar-refractivity contribution is 7.19. The van der Waals surface area contributed by atoms with Crippen LogP contribution >= 0.6 is 22.7 Å². The third kappa shape index (κ3) is 4.25. The minimum Gasteiger partial charge on any atom is -0.469 e. The van der Waals surface area contributed by atoms with Gasteiger partial charge in [-0.25, -0.2) is 9.97 Å². The number of amides is 1. The number of hydrogen-bond acceptors (Lipinski definition) is 8. The number of anilines is 2. The summed E-state index contributed by atoms with van der Waals surface area (Å²) in [4.78, 5) is 31.8. The van der Waals surface area contributed by atoms with Crippen LogP contribution in [0.15, 0.2) is 5.38 Å². The molecule has 0 aliphatic carbocycles. The lowest BCUT2D eigenvalue weighted by atomic mass is 10.3. The first-order valence-corrected chi connectivity index (χ1v) is 8.21. The highest BCUT2D eigenvalue weighted by Crippen LogP contribution is 2.34. The molecule has 0 aliphatic heterocycles. The number of aryl methyl sites for hydroxylation is 1. The third-order valence-electron chi connectivity index (χ3n) is 2.65. The molecule has 0 spiro atoms. The van der Waals surface area contributed by atoms with Gasteiger partial charge >= 0.3 is 5.97 Å². The topological polar surface area (TPSA) is 93.2 Å². The van der Waals surface area contributed by atoms with Crippen molar-refractivity contribution in [1.82, 2.24) is 9.97 Å². The van der Waals surface area contributed by atoms with Gasteiger partial charge in [0.1, 0.15) is 0 Å². The van der Waals surface area contributed by atoms with Gasteiger partial charge in [-0.15, -0.1) is 11.3 Å². The Morgan fingerprint density at radius 3 is 2.77 bits per heavy atom. The summed E-state index contributed by atoms with van der Waals surface area (Å²) in [7, 11) is 1.36. The highest BCUT2D eigenvalue weighted by Gasteiger charge is 2.13. The van der Waals surface area contributed by atoms with Crippen LogP contribution in [0.4, 0.5) is 10.3 Å². The molecule has 0 saturated carbocycles. The molecule has 0 radical (unpaired) electrons. The Hall–Kier alpha value is -2.00. The molecule has 0 unspecified atom stereocenters. The molecule has 2 heterocycles. The van der Waals surface area contributed by atoms with Gasteiger partial charge in [0.25, 0.3) is 0 Å². The number of rotatable bonds is 6. The van der Waals surface area contributed by atoms with Gasteiger partial charge in [-0.1, -0.05) is 11.3 Å². The van der Waals surface area contributed by atoms with Crippen LogP contribution in [-0.2, 0) is 14.3 Å². The molecule has 22 heavy (non-hydrogen) atoms. The molecule has 7 nitrogen and oxygen atoms in total. The van der Waals surface area contributed by atoms with Crippen molar-refractivity contribution in [1.29, 1.82) is 0 Å². The molecule has 0 aliphatic rings. The van der Waals surface area contributed by atoms with Crippen LogP contribution in [0.5, 0.6) is 0 Å². The summed E-state index contributed by atoms with van der Waals surface area (Å²) in [5.74, 6) is -0.411. The van der Waals surface area contributed by atoms with Crippen molar-refractivity contribution in [3.8, 4) is 10.6 Å². The van der Waals surface area contributed by atoms with E-state index in [0.717, 1.165) is 21.4 Å². The number of carbonyl (C=O) groups is 2. The zero-order valence-corrected chi connectivity index (χ0v) is 14.1. The number of ether oxygens (including phenoxy) is 1. The smallest absolute Gasteiger partial charge is 0.307 e. The molecule has 2 aromatic rings. The molecule has 2 rings (SSSR count). The van der Waals surface area contributed by atoms with Crippen LogP contribution in [0.25, 0.3) is 10.6 Å². The van der Waals surface area contributed by atoms with E-state index in [2.05, 4.69) is 25.3 Å². The minimum atomic E-state index is -0.262. The number of nitrogens with one attached hydrogen (secondary N) is 2. The second-order valence-corrected chi connectivity index (χ2v) is 6.26. The van der Waals surface area contributed by atoms with Crippen LogP contribution < -0.4 is 10.6 Å². The van der Waals surface area contributed by atoms with Gasteiger partial charge in [-0.05, 0) is 6.92 Å². The molecular formula is C13H16N4O3S2. The standard InChI is InChI=1S/C13H16N4O3S2/c1-7-11(22-13(15-7)16-8(2)18)9-6-21-12(17-9)14-5-4-10(19)20-3/h6H,4-5H2,1-3H3,(H,14,17)(H,15,16,18). The number of methoxy groups -OCH3 is 1. The first-order chi connectivity index (χ1) is 10.5. The number of carbonyl (C=O) groups excluding carboxylic acids is 2. The molecule has 0 aromatic carbocycles. The van der Waals surface area contributed by atoms with Gasteiger partial charge in [-0.3, -0.25) is 9.59 Å². The summed E-state index contributed by atoms with van der Waals surface area (Å²) in [6.07, 6.45) is 0.289. The van der Waals surface area contributed by atoms with Crippen molar-refractivity contribution in [3.63, 3.8) is 0 Å². The average molecular weight is 340 g/mol. The summed E-state index contributed by atoms with van der Waals surface area (Å²) >= 11 is 2.84. The van der Waals surface area contributed by atoms with Gasteiger partial charge in [0, 0.05) is 18.8 Å². The molecule has 2 N–H and O–H groups in total. The Labute approximate surface area is 135 Å². The number of thiazole rings is 2. The molecule has 0 saturated heterocycles. The third-order valence-corrected chi connectivity index (χ3v) is 4.54. The van der Waals surface area contributed by atoms with Gasteiger partial charge in [0.15, 0.2) is 10.3 Å². The van der Waals surface area contributed by atoms with E-state index < -0.39 is 0 Å². The zero-order chi connectivity index (χ0) is 16.1. The van der Waals surface area contributed by atoms with E-state index in [1.54, 1.807) is 0 Å². The summed E-state index contributed by atoms with van der Waals surface area (Å²) in [6, 6.07) is 0. The maximum atomic E-state index is 11.1. The fourth-order valence-electron chi connectivity index (χ4n) is 1.67. The van der Waals surface area contributed by atoms with Crippen LogP contribution in [0.2, 0.25) is 0 Å². The Morgan fingerprint density at radius 1 is 1.32 bits per heavy atom. The SMILES string of the molecule is COC(=O)CCNc1nc(-c2sc(NC(C)=O)nc2C)cs1. The molecular weight excluding hydrogens is 324 g/mol. The molecule has 118 valence electrons. The van der Waals surface area contributed by atoms with Gasteiger partial charge in [0.2, 0.25) is 5.91 Å². The second-order valence-electron chi connectivity index (χ2n) is 4.41. The summed E-state index contributed by atoms with van der Waals surface area (Å²) in [5.41, 5.74) is 1.62. The molecule has 0 fully saturated rings. The fourth-order valence-corrected chi connectivity index (χ4v) is 3.45. The largest absolute Gasteiger partial charge is 0.469 e. The van der Waals surface area contributed by atoms with E-state index in [-0.39, 0.29) is 18.3 Å². The maximum absolute atomic E-state index is 11.1. The Morgan fingerprint density at radius 2 is 2.09 bits per heavy atom. The number of esters is 1. The summed E-state index contributed by atoms with van der Waals surface area (Å²) in [6.45, 7) is 3.79.